The lowest BCUT2D eigenvalue weighted by Crippen LogP contribution is -1.87. The molecule has 0 amide bonds. The Morgan fingerprint density at radius 1 is 0.457 bits per heavy atom. The highest BCUT2D eigenvalue weighted by atomic mass is 14.5. The lowest BCUT2D eigenvalue weighted by molar-refractivity contribution is 1.47. The topological polar surface area (TPSA) is 52.0 Å². The molecule has 0 saturated heterocycles. The average Bonchev–Trinajstić information content (AvgIpc) is 3.34. The van der Waals surface area contributed by atoms with Gasteiger partial charge >= 0.3 is 0 Å². The molecule has 0 atom stereocenters. The Morgan fingerprint density at radius 3 is 1.86 bits per heavy atom. The molecule has 8 rings (SSSR count). The summed E-state index contributed by atoms with van der Waals surface area (Å²) in [5.41, 5.74) is 18.1. The van der Waals surface area contributed by atoms with E-state index in [4.69, 9.17) is 11.5 Å². The molecule has 0 spiro atoms. The zero-order valence-electron chi connectivity index (χ0n) is 19.3. The van der Waals surface area contributed by atoms with Crippen molar-refractivity contribution in [2.45, 2.75) is 6.92 Å². The third kappa shape index (κ3) is 2.33. The van der Waals surface area contributed by atoms with E-state index in [0.29, 0.717) is 0 Å². The number of benzene rings is 6. The fourth-order valence-electron chi connectivity index (χ4n) is 6.40. The molecule has 35 heavy (non-hydrogen) atoms. The van der Waals surface area contributed by atoms with E-state index < -0.39 is 0 Å². The van der Waals surface area contributed by atoms with Crippen molar-refractivity contribution in [1.29, 1.82) is 0 Å². The molecule has 8 aromatic rings. The van der Waals surface area contributed by atoms with E-state index in [1.54, 1.807) is 0 Å². The summed E-state index contributed by atoms with van der Waals surface area (Å²) in [6, 6.07) is 32.9. The maximum atomic E-state index is 6.51. The molecule has 0 aliphatic carbocycles. The number of nitrogen functional groups attached to an aromatic ring is 2. The summed E-state index contributed by atoms with van der Waals surface area (Å²) in [5, 5.41) is 15.2. The van der Waals surface area contributed by atoms with Gasteiger partial charge in [-0.25, -0.2) is 0 Å². The van der Waals surface area contributed by atoms with Crippen molar-refractivity contribution in [2.75, 3.05) is 11.5 Å². The van der Waals surface area contributed by atoms with Crippen LogP contribution < -0.4 is 11.5 Å². The Kier molecular flexibility index (Phi) is 3.39. The van der Waals surface area contributed by atoms with Gasteiger partial charge in [0.05, 0.1) is 0 Å². The molecule has 0 aliphatic heterocycles. The zero-order chi connectivity index (χ0) is 23.4. The molecule has 164 valence electrons. The van der Waals surface area contributed by atoms with Crippen LogP contribution in [0.2, 0.25) is 0 Å². The normalized spacial score (nSPS) is 12.4. The monoisotopic (exact) mass is 446 g/mol. The van der Waals surface area contributed by atoms with Gasteiger partial charge in [0.15, 0.2) is 0 Å². The van der Waals surface area contributed by atoms with Crippen LogP contribution in [0.15, 0.2) is 91.0 Å². The first-order chi connectivity index (χ1) is 17.1. The number of rotatable bonds is 1. The smallest absolute Gasteiger partial charge is 0.0326 e. The van der Waals surface area contributed by atoms with E-state index >= 15 is 0 Å². The molecule has 0 saturated carbocycles. The zero-order valence-corrected chi connectivity index (χ0v) is 19.3. The average molecular weight is 447 g/mol. The molecule has 0 radical (unpaired) electrons. The maximum Gasteiger partial charge on any atom is 0.0326 e. The van der Waals surface area contributed by atoms with Crippen LogP contribution in [-0.4, -0.2) is 0 Å². The van der Waals surface area contributed by atoms with Crippen LogP contribution in [0, 0.1) is 6.92 Å². The summed E-state index contributed by atoms with van der Waals surface area (Å²) >= 11 is 0. The van der Waals surface area contributed by atoms with E-state index in [2.05, 4.69) is 97.9 Å². The summed E-state index contributed by atoms with van der Waals surface area (Å²) < 4.78 is 0. The van der Waals surface area contributed by atoms with Crippen LogP contribution >= 0.6 is 0 Å². The lowest BCUT2D eigenvalue weighted by atomic mass is 9.95. The fraction of sp³-hybridized carbons (Fsp3) is 0.0303. The molecule has 4 N–H and O–H groups in total. The van der Waals surface area contributed by atoms with Crippen molar-refractivity contribution in [1.82, 2.24) is 0 Å². The Balaban J connectivity index is 1.73. The third-order valence-electron chi connectivity index (χ3n) is 7.79. The minimum atomic E-state index is 0.791. The largest absolute Gasteiger partial charge is 0.399 e. The van der Waals surface area contributed by atoms with Gasteiger partial charge in [-0.15, -0.1) is 0 Å². The highest BCUT2D eigenvalue weighted by molar-refractivity contribution is 6.46. The lowest BCUT2D eigenvalue weighted by Gasteiger charge is -2.09. The second-order valence-electron chi connectivity index (χ2n) is 9.91. The Bertz CT molecular complexity index is 2120. The van der Waals surface area contributed by atoms with Crippen molar-refractivity contribution in [2.24, 2.45) is 0 Å². The number of anilines is 2. The van der Waals surface area contributed by atoms with Gasteiger partial charge < -0.3 is 11.5 Å². The quantitative estimate of drug-likeness (QED) is 0.248. The molecule has 0 fully saturated rings. The predicted octanol–water partition coefficient (Wildman–Crippen LogP) is 8.62. The highest BCUT2D eigenvalue weighted by Crippen LogP contribution is 2.51. The Hall–Kier alpha value is -4.56. The van der Waals surface area contributed by atoms with Gasteiger partial charge in [0.1, 0.15) is 0 Å². The van der Waals surface area contributed by atoms with Gasteiger partial charge in [0.25, 0.3) is 0 Å². The minimum Gasteiger partial charge on any atom is -0.399 e. The molecule has 0 aromatic heterocycles. The van der Waals surface area contributed by atoms with E-state index in [9.17, 15) is 0 Å². The number of fused-ring (bicyclic) bond motifs is 7. The van der Waals surface area contributed by atoms with E-state index in [1.807, 2.05) is 0 Å². The first kappa shape index (κ1) is 18.8. The molecule has 2 nitrogen and oxygen atoms in total. The first-order valence-electron chi connectivity index (χ1n) is 12.0. The summed E-state index contributed by atoms with van der Waals surface area (Å²) in [6.07, 6.45) is 0. The molecule has 0 heterocycles. The summed E-state index contributed by atoms with van der Waals surface area (Å²) in [4.78, 5) is 0. The second kappa shape index (κ2) is 6.31. The summed E-state index contributed by atoms with van der Waals surface area (Å²) in [6.45, 7) is 2.13. The molecular formula is C33H22N2. The highest BCUT2D eigenvalue weighted by Gasteiger charge is 2.22. The van der Waals surface area contributed by atoms with E-state index in [1.165, 1.54) is 81.3 Å². The van der Waals surface area contributed by atoms with Gasteiger partial charge in [-0.3, -0.25) is 0 Å². The van der Waals surface area contributed by atoms with Gasteiger partial charge in [0, 0.05) is 11.4 Å². The Labute approximate surface area is 202 Å². The summed E-state index contributed by atoms with van der Waals surface area (Å²) in [7, 11) is 0. The van der Waals surface area contributed by atoms with Crippen LogP contribution in [0.3, 0.4) is 0 Å². The van der Waals surface area contributed by atoms with Crippen molar-refractivity contribution in [3.63, 3.8) is 0 Å². The molecule has 0 aliphatic rings. The molecule has 8 aromatic carbocycles. The van der Waals surface area contributed by atoms with Crippen molar-refractivity contribution < 1.29 is 0 Å². The minimum absolute atomic E-state index is 0.791. The Morgan fingerprint density at radius 2 is 1.09 bits per heavy atom. The SMILES string of the molecule is Cc1ccc(-c2cc(N)cc3c4cccc5cc6c7cc(N)cc8cccc(c87)c6c(c23)c54)cc1. The van der Waals surface area contributed by atoms with E-state index in [0.717, 1.165) is 11.4 Å². The summed E-state index contributed by atoms with van der Waals surface area (Å²) in [5.74, 6) is 0. The molecular weight excluding hydrogens is 424 g/mol. The number of hydrogen-bond donors (Lipinski definition) is 2. The molecule has 0 unspecified atom stereocenters. The molecule has 2 heteroatoms. The number of hydrogen-bond acceptors (Lipinski definition) is 2. The van der Waals surface area contributed by atoms with Crippen LogP contribution in [0.1, 0.15) is 5.56 Å². The van der Waals surface area contributed by atoms with Crippen molar-refractivity contribution in [3.8, 4) is 11.1 Å². The van der Waals surface area contributed by atoms with Crippen LogP contribution in [0.4, 0.5) is 11.4 Å². The van der Waals surface area contributed by atoms with E-state index in [-0.39, 0.29) is 0 Å². The molecule has 0 bridgehead atoms. The first-order valence-corrected chi connectivity index (χ1v) is 12.0. The van der Waals surface area contributed by atoms with Crippen LogP contribution in [0.5, 0.6) is 0 Å². The maximum absolute atomic E-state index is 6.51. The standard InChI is InChI=1S/C33H22N2/c1-17-8-10-18(11-9-17)25-14-22(35)16-27-23-6-2-5-20-13-26-28-15-21(34)12-19-4-3-7-24(29(19)28)31(26)33(30(20)23)32(25)27/h2-16H,34-35H2,1H3. The van der Waals surface area contributed by atoms with Gasteiger partial charge in [-0.2, -0.15) is 0 Å². The van der Waals surface area contributed by atoms with Crippen LogP contribution in [0.25, 0.3) is 75.8 Å². The third-order valence-corrected chi connectivity index (χ3v) is 7.79. The number of nitrogens with two attached hydrogens (primary N) is 2. The van der Waals surface area contributed by atoms with Crippen molar-refractivity contribution in [3.05, 3.63) is 96.6 Å². The second-order valence-corrected chi connectivity index (χ2v) is 9.91. The predicted molar refractivity (Wildman–Crippen MR) is 153 cm³/mol. The van der Waals surface area contributed by atoms with Crippen molar-refractivity contribution >= 4 is 76.0 Å². The van der Waals surface area contributed by atoms with Gasteiger partial charge in [-0.1, -0.05) is 66.2 Å². The van der Waals surface area contributed by atoms with Crippen LogP contribution in [-0.2, 0) is 0 Å². The van der Waals surface area contributed by atoms with Gasteiger partial charge in [-0.05, 0) is 113 Å². The number of aryl methyl sites for hydroxylation is 1. The fourth-order valence-corrected chi connectivity index (χ4v) is 6.40. The van der Waals surface area contributed by atoms with Gasteiger partial charge in [0.2, 0.25) is 0 Å².